The van der Waals surface area contributed by atoms with Crippen LogP contribution in [0.5, 0.6) is 0 Å². The number of rotatable bonds is 3. The third-order valence-corrected chi connectivity index (χ3v) is 0.675. The Kier molecular flexibility index (Phi) is 5.92. The fraction of sp³-hybridized carbons (Fsp3) is 0.333. The third kappa shape index (κ3) is 5.40. The Morgan fingerprint density at radius 3 is 2.75 bits per heavy atom. The van der Waals surface area contributed by atoms with Crippen LogP contribution in [0.25, 0.3) is 0 Å². The van der Waals surface area contributed by atoms with Crippen LogP contribution in [0.3, 0.4) is 0 Å². The molecule has 2 heteroatoms. The molecule has 0 aliphatic carbocycles. The third-order valence-electron chi connectivity index (χ3n) is 0.675. The summed E-state index contributed by atoms with van der Waals surface area (Å²) in [5.41, 5.74) is 2.51. The maximum atomic E-state index is 4.99. The number of hydrogen-bond donors (Lipinski definition) is 2. The summed E-state index contributed by atoms with van der Waals surface area (Å²) >= 11 is 0. The van der Waals surface area contributed by atoms with Gasteiger partial charge in [0.05, 0.1) is 0 Å². The molecule has 0 aliphatic rings. The molecule has 0 rings (SSSR count). The lowest BCUT2D eigenvalue weighted by Gasteiger charge is -1.83. The lowest BCUT2D eigenvalue weighted by atomic mass is 10.4. The molecule has 0 aromatic heterocycles. The van der Waals surface area contributed by atoms with E-state index in [4.69, 9.17) is 5.84 Å². The van der Waals surface area contributed by atoms with E-state index in [-0.39, 0.29) is 0 Å². The van der Waals surface area contributed by atoms with Crippen molar-refractivity contribution in [1.82, 2.24) is 5.43 Å². The van der Waals surface area contributed by atoms with Gasteiger partial charge in [-0.2, -0.15) is 0 Å². The number of hydrogen-bond acceptors (Lipinski definition) is 2. The van der Waals surface area contributed by atoms with Crippen LogP contribution in [0.2, 0.25) is 0 Å². The summed E-state index contributed by atoms with van der Waals surface area (Å²) in [6.45, 7) is 2.70. The molecule has 0 amide bonds. The van der Waals surface area contributed by atoms with Gasteiger partial charge in [0.25, 0.3) is 0 Å². The van der Waals surface area contributed by atoms with Gasteiger partial charge in [0.1, 0.15) is 0 Å². The molecule has 8 heavy (non-hydrogen) atoms. The largest absolute Gasteiger partial charge is 0.271 e. The van der Waals surface area contributed by atoms with E-state index in [9.17, 15) is 0 Å². The van der Waals surface area contributed by atoms with Crippen LogP contribution in [-0.2, 0) is 0 Å². The fourth-order valence-electron chi connectivity index (χ4n) is 0.326. The van der Waals surface area contributed by atoms with E-state index in [1.54, 1.807) is 0 Å². The van der Waals surface area contributed by atoms with Crippen molar-refractivity contribution in [3.05, 3.63) is 24.3 Å². The van der Waals surface area contributed by atoms with Crippen LogP contribution < -0.4 is 11.3 Å². The minimum atomic E-state index is 0.727. The Morgan fingerprint density at radius 2 is 2.25 bits per heavy atom. The first kappa shape index (κ1) is 7.40. The van der Waals surface area contributed by atoms with Gasteiger partial charge in [0.15, 0.2) is 0 Å². The minimum Gasteiger partial charge on any atom is -0.271 e. The highest BCUT2D eigenvalue weighted by Gasteiger charge is 1.64. The average molecular weight is 112 g/mol. The summed E-state index contributed by atoms with van der Waals surface area (Å²) in [5, 5.41) is 0. The molecular weight excluding hydrogens is 100 g/mol. The van der Waals surface area contributed by atoms with Crippen LogP contribution in [0.15, 0.2) is 24.3 Å². The Morgan fingerprint density at radius 1 is 1.50 bits per heavy atom. The molecule has 0 aliphatic heterocycles. The molecule has 0 aromatic carbocycles. The second-order valence-electron chi connectivity index (χ2n) is 1.36. The molecule has 0 unspecified atom stereocenters. The Balaban J connectivity index is 3.07. The molecule has 0 bridgehead atoms. The highest BCUT2D eigenvalue weighted by Crippen LogP contribution is 1.72. The maximum absolute atomic E-state index is 4.99. The fourth-order valence-corrected chi connectivity index (χ4v) is 0.326. The number of nitrogens with one attached hydrogen (secondary N) is 1. The van der Waals surface area contributed by atoms with Gasteiger partial charge in [-0.15, -0.1) is 0 Å². The van der Waals surface area contributed by atoms with Crippen LogP contribution in [-0.4, -0.2) is 6.54 Å². The SMILES string of the molecule is C/C=C/C=C\CNN. The van der Waals surface area contributed by atoms with Crippen molar-refractivity contribution in [3.8, 4) is 0 Å². The Bertz CT molecular complexity index is 84.5. The first-order valence-corrected chi connectivity index (χ1v) is 2.63. The van der Waals surface area contributed by atoms with Crippen molar-refractivity contribution in [2.75, 3.05) is 6.54 Å². The Hall–Kier alpha value is -0.600. The van der Waals surface area contributed by atoms with Crippen LogP contribution in [0.1, 0.15) is 6.92 Å². The van der Waals surface area contributed by atoms with Crippen LogP contribution in [0.4, 0.5) is 0 Å². The topological polar surface area (TPSA) is 38.0 Å². The number of hydrazine groups is 1. The van der Waals surface area contributed by atoms with Gasteiger partial charge < -0.3 is 0 Å². The van der Waals surface area contributed by atoms with E-state index >= 15 is 0 Å². The van der Waals surface area contributed by atoms with Gasteiger partial charge in [-0.25, -0.2) is 0 Å². The second-order valence-corrected chi connectivity index (χ2v) is 1.36. The summed E-state index contributed by atoms with van der Waals surface area (Å²) in [5.74, 6) is 4.99. The average Bonchev–Trinajstić information content (AvgIpc) is 1.81. The molecule has 0 fully saturated rings. The normalized spacial score (nSPS) is 11.8. The molecule has 0 saturated carbocycles. The van der Waals surface area contributed by atoms with Gasteiger partial charge in [-0.1, -0.05) is 24.3 Å². The monoisotopic (exact) mass is 112 g/mol. The van der Waals surface area contributed by atoms with E-state index in [1.165, 1.54) is 0 Å². The van der Waals surface area contributed by atoms with Gasteiger partial charge in [0.2, 0.25) is 0 Å². The van der Waals surface area contributed by atoms with Gasteiger partial charge in [-0.3, -0.25) is 11.3 Å². The lowest BCUT2D eigenvalue weighted by molar-refractivity contribution is 0.823. The van der Waals surface area contributed by atoms with Gasteiger partial charge in [0, 0.05) is 6.54 Å². The highest BCUT2D eigenvalue weighted by molar-refractivity contribution is 5.01. The number of nitrogens with two attached hydrogens (primary N) is 1. The summed E-state index contributed by atoms with van der Waals surface area (Å²) < 4.78 is 0. The molecule has 46 valence electrons. The minimum absolute atomic E-state index is 0.727. The molecule has 0 saturated heterocycles. The highest BCUT2D eigenvalue weighted by atomic mass is 15.2. The summed E-state index contributed by atoms with van der Waals surface area (Å²) in [6, 6.07) is 0. The van der Waals surface area contributed by atoms with Gasteiger partial charge in [-0.05, 0) is 6.92 Å². The van der Waals surface area contributed by atoms with Crippen molar-refractivity contribution in [2.45, 2.75) is 6.92 Å². The molecule has 3 N–H and O–H groups in total. The predicted octanol–water partition coefficient (Wildman–Crippen LogP) is 0.582. The zero-order valence-corrected chi connectivity index (χ0v) is 5.09. The smallest absolute Gasteiger partial charge is 0.0281 e. The number of allylic oxidation sites excluding steroid dienone is 3. The second kappa shape index (κ2) is 6.40. The first-order valence-electron chi connectivity index (χ1n) is 2.63. The molecule has 2 nitrogen and oxygen atoms in total. The van der Waals surface area contributed by atoms with Crippen molar-refractivity contribution >= 4 is 0 Å². The van der Waals surface area contributed by atoms with Crippen molar-refractivity contribution in [3.63, 3.8) is 0 Å². The molecule has 0 radical (unpaired) electrons. The summed E-state index contributed by atoms with van der Waals surface area (Å²) in [6.07, 6.45) is 7.81. The first-order chi connectivity index (χ1) is 3.91. The van der Waals surface area contributed by atoms with E-state index < -0.39 is 0 Å². The van der Waals surface area contributed by atoms with Crippen molar-refractivity contribution in [1.29, 1.82) is 0 Å². The maximum Gasteiger partial charge on any atom is 0.0281 e. The van der Waals surface area contributed by atoms with E-state index in [2.05, 4.69) is 5.43 Å². The molecule has 0 heterocycles. The lowest BCUT2D eigenvalue weighted by Crippen LogP contribution is -2.21. The van der Waals surface area contributed by atoms with Crippen LogP contribution in [0, 0.1) is 0 Å². The van der Waals surface area contributed by atoms with Crippen molar-refractivity contribution in [2.24, 2.45) is 5.84 Å². The summed E-state index contributed by atoms with van der Waals surface area (Å²) in [7, 11) is 0. The van der Waals surface area contributed by atoms with E-state index in [0.717, 1.165) is 6.54 Å². The van der Waals surface area contributed by atoms with Gasteiger partial charge >= 0.3 is 0 Å². The van der Waals surface area contributed by atoms with E-state index in [1.807, 2.05) is 31.2 Å². The Labute approximate surface area is 50.0 Å². The van der Waals surface area contributed by atoms with E-state index in [0.29, 0.717) is 0 Å². The zero-order chi connectivity index (χ0) is 6.24. The van der Waals surface area contributed by atoms with Crippen molar-refractivity contribution < 1.29 is 0 Å². The zero-order valence-electron chi connectivity index (χ0n) is 5.09. The molecule has 0 atom stereocenters. The van der Waals surface area contributed by atoms with Crippen LogP contribution >= 0.6 is 0 Å². The summed E-state index contributed by atoms with van der Waals surface area (Å²) in [4.78, 5) is 0. The standard InChI is InChI=1S/C6H12N2/c1-2-3-4-5-6-8-7/h2-5,8H,6-7H2,1H3/b3-2+,5-4-. The predicted molar refractivity (Wildman–Crippen MR) is 36.1 cm³/mol. The molecule has 0 aromatic rings. The molecular formula is C6H12N2. The quantitative estimate of drug-likeness (QED) is 0.318. The molecule has 0 spiro atoms.